The lowest BCUT2D eigenvalue weighted by atomic mass is 9.84. The SMILES string of the molecule is CNC(CCc1c(Cl)cnn1C(C)C)C(C)(C)C. The van der Waals surface area contributed by atoms with Gasteiger partial charge in [0, 0.05) is 12.1 Å². The topological polar surface area (TPSA) is 29.9 Å². The van der Waals surface area contributed by atoms with Gasteiger partial charge in [-0.2, -0.15) is 5.10 Å². The zero-order chi connectivity index (χ0) is 13.9. The number of halogens is 1. The average molecular weight is 272 g/mol. The summed E-state index contributed by atoms with van der Waals surface area (Å²) in [7, 11) is 2.03. The lowest BCUT2D eigenvalue weighted by molar-refractivity contribution is 0.266. The molecule has 1 aromatic rings. The van der Waals surface area contributed by atoms with Gasteiger partial charge >= 0.3 is 0 Å². The second kappa shape index (κ2) is 6.07. The Labute approximate surface area is 116 Å². The van der Waals surface area contributed by atoms with Crippen LogP contribution in [-0.4, -0.2) is 22.9 Å². The van der Waals surface area contributed by atoms with Gasteiger partial charge < -0.3 is 5.32 Å². The summed E-state index contributed by atoms with van der Waals surface area (Å²) in [4.78, 5) is 0. The average Bonchev–Trinajstić information content (AvgIpc) is 2.59. The molecular weight excluding hydrogens is 246 g/mol. The third kappa shape index (κ3) is 3.72. The van der Waals surface area contributed by atoms with E-state index in [1.54, 1.807) is 6.20 Å². The molecule has 1 N–H and O–H groups in total. The Hall–Kier alpha value is -0.540. The van der Waals surface area contributed by atoms with Crippen LogP contribution in [0.3, 0.4) is 0 Å². The second-order valence-corrected chi connectivity index (χ2v) is 6.63. The molecule has 104 valence electrons. The van der Waals surface area contributed by atoms with E-state index in [1.165, 1.54) is 0 Å². The maximum Gasteiger partial charge on any atom is 0.0817 e. The molecule has 3 nitrogen and oxygen atoms in total. The Morgan fingerprint density at radius 1 is 1.39 bits per heavy atom. The van der Waals surface area contributed by atoms with Gasteiger partial charge in [-0.25, -0.2) is 0 Å². The van der Waals surface area contributed by atoms with Crippen LogP contribution in [0.5, 0.6) is 0 Å². The molecule has 0 bridgehead atoms. The summed E-state index contributed by atoms with van der Waals surface area (Å²) in [5.74, 6) is 0. The van der Waals surface area contributed by atoms with E-state index in [9.17, 15) is 0 Å². The van der Waals surface area contributed by atoms with Crippen LogP contribution in [0.15, 0.2) is 6.20 Å². The molecule has 0 spiro atoms. The monoisotopic (exact) mass is 271 g/mol. The summed E-state index contributed by atoms with van der Waals surface area (Å²) in [6.07, 6.45) is 3.78. The first-order valence-electron chi connectivity index (χ1n) is 6.66. The maximum atomic E-state index is 6.23. The Kier molecular flexibility index (Phi) is 5.23. The van der Waals surface area contributed by atoms with Crippen LogP contribution in [0, 0.1) is 5.41 Å². The fourth-order valence-electron chi connectivity index (χ4n) is 2.34. The molecule has 1 unspecified atom stereocenters. The first kappa shape index (κ1) is 15.5. The predicted octanol–water partition coefficient (Wildman–Crippen LogP) is 3.68. The van der Waals surface area contributed by atoms with Gasteiger partial charge in [-0.1, -0.05) is 32.4 Å². The van der Waals surface area contributed by atoms with Crippen molar-refractivity contribution >= 4 is 11.6 Å². The van der Waals surface area contributed by atoms with Crippen molar-refractivity contribution in [3.8, 4) is 0 Å². The number of rotatable bonds is 5. The lowest BCUT2D eigenvalue weighted by Crippen LogP contribution is -2.38. The van der Waals surface area contributed by atoms with Crippen LogP contribution in [0.4, 0.5) is 0 Å². The molecule has 0 fully saturated rings. The summed E-state index contributed by atoms with van der Waals surface area (Å²) in [5, 5.41) is 8.53. The van der Waals surface area contributed by atoms with Gasteiger partial charge in [0.2, 0.25) is 0 Å². The molecule has 0 saturated carbocycles. The Bertz CT molecular complexity index is 377. The largest absolute Gasteiger partial charge is 0.316 e. The third-order valence-corrected chi connectivity index (χ3v) is 3.72. The number of hydrogen-bond acceptors (Lipinski definition) is 2. The highest BCUT2D eigenvalue weighted by molar-refractivity contribution is 6.31. The number of aromatic nitrogens is 2. The van der Waals surface area contributed by atoms with E-state index in [4.69, 9.17) is 11.6 Å². The minimum Gasteiger partial charge on any atom is -0.316 e. The van der Waals surface area contributed by atoms with E-state index < -0.39 is 0 Å². The molecule has 0 radical (unpaired) electrons. The van der Waals surface area contributed by atoms with Crippen molar-refractivity contribution in [3.63, 3.8) is 0 Å². The van der Waals surface area contributed by atoms with E-state index in [2.05, 4.69) is 45.0 Å². The van der Waals surface area contributed by atoms with Crippen LogP contribution in [0.25, 0.3) is 0 Å². The standard InChI is InChI=1S/C14H26ClN3/c1-10(2)18-12(11(15)9-17-18)7-8-13(16-6)14(3,4)5/h9-10,13,16H,7-8H2,1-6H3. The van der Waals surface area contributed by atoms with Gasteiger partial charge in [-0.3, -0.25) is 4.68 Å². The highest BCUT2D eigenvalue weighted by Gasteiger charge is 2.23. The van der Waals surface area contributed by atoms with Gasteiger partial charge in [0.1, 0.15) is 0 Å². The van der Waals surface area contributed by atoms with Crippen molar-refractivity contribution in [2.45, 2.75) is 59.5 Å². The number of nitrogens with one attached hydrogen (secondary N) is 1. The molecule has 0 aliphatic rings. The minimum absolute atomic E-state index is 0.254. The molecule has 4 heteroatoms. The molecule has 1 aromatic heterocycles. The highest BCUT2D eigenvalue weighted by atomic mass is 35.5. The van der Waals surface area contributed by atoms with Crippen LogP contribution in [0.2, 0.25) is 5.02 Å². The Morgan fingerprint density at radius 3 is 2.44 bits per heavy atom. The molecule has 0 aliphatic carbocycles. The van der Waals surface area contributed by atoms with Gasteiger partial charge in [0.25, 0.3) is 0 Å². The van der Waals surface area contributed by atoms with Crippen molar-refractivity contribution in [2.24, 2.45) is 5.41 Å². The summed E-state index contributed by atoms with van der Waals surface area (Å²) in [5.41, 5.74) is 1.40. The minimum atomic E-state index is 0.254. The van der Waals surface area contributed by atoms with Gasteiger partial charge in [0.05, 0.1) is 16.9 Å². The quantitative estimate of drug-likeness (QED) is 0.885. The maximum absolute atomic E-state index is 6.23. The van der Waals surface area contributed by atoms with Gasteiger partial charge in [-0.15, -0.1) is 0 Å². The van der Waals surface area contributed by atoms with Gasteiger partial charge in [0.15, 0.2) is 0 Å². The van der Waals surface area contributed by atoms with Crippen molar-refractivity contribution in [2.75, 3.05) is 7.05 Å². The fourth-order valence-corrected chi connectivity index (χ4v) is 2.56. The van der Waals surface area contributed by atoms with Crippen molar-refractivity contribution < 1.29 is 0 Å². The number of hydrogen-bond donors (Lipinski definition) is 1. The van der Waals surface area contributed by atoms with Crippen molar-refractivity contribution in [3.05, 3.63) is 16.9 Å². The van der Waals surface area contributed by atoms with Crippen molar-refractivity contribution in [1.82, 2.24) is 15.1 Å². The molecule has 0 saturated heterocycles. The normalized spacial score (nSPS) is 14.2. The molecule has 0 aromatic carbocycles. The second-order valence-electron chi connectivity index (χ2n) is 6.22. The van der Waals surface area contributed by atoms with Crippen LogP contribution in [0.1, 0.15) is 52.8 Å². The van der Waals surface area contributed by atoms with E-state index in [0.29, 0.717) is 12.1 Å². The third-order valence-electron chi connectivity index (χ3n) is 3.40. The zero-order valence-corrected chi connectivity index (χ0v) is 13.2. The van der Waals surface area contributed by atoms with E-state index in [1.807, 2.05) is 11.7 Å². The fraction of sp³-hybridized carbons (Fsp3) is 0.786. The zero-order valence-electron chi connectivity index (χ0n) is 12.4. The summed E-state index contributed by atoms with van der Waals surface area (Å²) >= 11 is 6.23. The van der Waals surface area contributed by atoms with Crippen molar-refractivity contribution in [1.29, 1.82) is 0 Å². The van der Waals surface area contributed by atoms with E-state index in [-0.39, 0.29) is 5.41 Å². The lowest BCUT2D eigenvalue weighted by Gasteiger charge is -2.30. The molecule has 18 heavy (non-hydrogen) atoms. The molecule has 0 aliphatic heterocycles. The summed E-state index contributed by atoms with van der Waals surface area (Å²) in [6.45, 7) is 11.0. The van der Waals surface area contributed by atoms with Crippen LogP contribution < -0.4 is 5.32 Å². The summed E-state index contributed by atoms with van der Waals surface area (Å²) < 4.78 is 2.03. The van der Waals surface area contributed by atoms with E-state index >= 15 is 0 Å². The van der Waals surface area contributed by atoms with Crippen LogP contribution >= 0.6 is 11.6 Å². The smallest absolute Gasteiger partial charge is 0.0817 e. The first-order valence-corrected chi connectivity index (χ1v) is 7.04. The highest BCUT2D eigenvalue weighted by Crippen LogP contribution is 2.26. The first-order chi connectivity index (χ1) is 8.27. The summed E-state index contributed by atoms with van der Waals surface area (Å²) in [6, 6.07) is 0.833. The van der Waals surface area contributed by atoms with Crippen LogP contribution in [-0.2, 0) is 6.42 Å². The Balaban J connectivity index is 2.77. The number of nitrogens with zero attached hydrogens (tertiary/aromatic N) is 2. The molecule has 1 heterocycles. The molecular formula is C14H26ClN3. The van der Waals surface area contributed by atoms with E-state index in [0.717, 1.165) is 23.6 Å². The predicted molar refractivity (Wildman–Crippen MR) is 78.2 cm³/mol. The molecule has 1 rings (SSSR count). The van der Waals surface area contributed by atoms with Gasteiger partial charge in [-0.05, 0) is 39.2 Å². The Morgan fingerprint density at radius 2 is 2.00 bits per heavy atom. The molecule has 1 atom stereocenters. The molecule has 0 amide bonds.